The number of nitrogens with two attached hydrogens (primary N) is 1. The van der Waals surface area contributed by atoms with Crippen LogP contribution in [0.25, 0.3) is 11.4 Å². The molecular formula is C14H18FN5. The number of nitrogens with zero attached hydrogens (tertiary/aromatic N) is 4. The maximum absolute atomic E-state index is 13.2. The van der Waals surface area contributed by atoms with Gasteiger partial charge in [0.05, 0.1) is 6.04 Å². The van der Waals surface area contributed by atoms with Crippen LogP contribution in [0.3, 0.4) is 0 Å². The number of rotatable bonds is 2. The van der Waals surface area contributed by atoms with E-state index in [0.29, 0.717) is 28.9 Å². The summed E-state index contributed by atoms with van der Waals surface area (Å²) in [7, 11) is 0. The summed E-state index contributed by atoms with van der Waals surface area (Å²) in [6, 6.07) is 4.59. The quantitative estimate of drug-likeness (QED) is 0.855. The molecule has 3 rings (SSSR count). The van der Waals surface area contributed by atoms with Gasteiger partial charge in [0.2, 0.25) is 0 Å². The molecule has 5 nitrogen and oxygen atoms in total. The number of hydrogen-bond acceptors (Lipinski definition) is 4. The molecule has 3 unspecified atom stereocenters. The highest BCUT2D eigenvalue weighted by Crippen LogP contribution is 2.41. The summed E-state index contributed by atoms with van der Waals surface area (Å²) in [5.74, 6) is 1.43. The van der Waals surface area contributed by atoms with Crippen LogP contribution in [0, 0.1) is 17.7 Å². The Morgan fingerprint density at radius 3 is 2.75 bits per heavy atom. The Morgan fingerprint density at radius 2 is 2.10 bits per heavy atom. The van der Waals surface area contributed by atoms with E-state index in [1.54, 1.807) is 6.07 Å². The Labute approximate surface area is 117 Å². The highest BCUT2D eigenvalue weighted by Gasteiger charge is 2.33. The van der Waals surface area contributed by atoms with Crippen molar-refractivity contribution in [3.8, 4) is 11.4 Å². The largest absolute Gasteiger partial charge is 0.398 e. The lowest BCUT2D eigenvalue weighted by atomic mass is 9.97. The Bertz CT molecular complexity index is 624. The summed E-state index contributed by atoms with van der Waals surface area (Å²) in [6.07, 6.45) is 2.23. The molecule has 1 aromatic heterocycles. The fourth-order valence-corrected chi connectivity index (χ4v) is 3.02. The normalized spacial score (nSPS) is 26.1. The third-order valence-electron chi connectivity index (χ3n) is 4.48. The van der Waals surface area contributed by atoms with Crippen LogP contribution in [0.5, 0.6) is 0 Å². The number of halogens is 1. The van der Waals surface area contributed by atoms with Gasteiger partial charge < -0.3 is 5.73 Å². The van der Waals surface area contributed by atoms with Crippen molar-refractivity contribution in [1.82, 2.24) is 20.2 Å². The molecule has 2 N–H and O–H groups in total. The van der Waals surface area contributed by atoms with Crippen molar-refractivity contribution in [1.29, 1.82) is 0 Å². The monoisotopic (exact) mass is 275 g/mol. The molecule has 0 spiro atoms. The average molecular weight is 275 g/mol. The maximum atomic E-state index is 13.2. The van der Waals surface area contributed by atoms with E-state index in [-0.39, 0.29) is 11.9 Å². The topological polar surface area (TPSA) is 69.6 Å². The van der Waals surface area contributed by atoms with Gasteiger partial charge in [-0.25, -0.2) is 9.07 Å². The first-order chi connectivity index (χ1) is 9.58. The molecular weight excluding hydrogens is 257 g/mol. The van der Waals surface area contributed by atoms with Crippen LogP contribution >= 0.6 is 0 Å². The zero-order chi connectivity index (χ0) is 14.3. The van der Waals surface area contributed by atoms with Gasteiger partial charge in [-0.1, -0.05) is 13.8 Å². The molecule has 6 heteroatoms. The first-order valence-electron chi connectivity index (χ1n) is 6.91. The number of aromatic nitrogens is 4. The molecule has 3 atom stereocenters. The van der Waals surface area contributed by atoms with Crippen molar-refractivity contribution in [3.05, 3.63) is 24.0 Å². The van der Waals surface area contributed by atoms with E-state index in [1.807, 2.05) is 4.68 Å². The molecule has 1 aliphatic carbocycles. The molecule has 20 heavy (non-hydrogen) atoms. The van der Waals surface area contributed by atoms with Crippen LogP contribution in [-0.2, 0) is 0 Å². The zero-order valence-corrected chi connectivity index (χ0v) is 11.6. The summed E-state index contributed by atoms with van der Waals surface area (Å²) in [5.41, 5.74) is 6.94. The van der Waals surface area contributed by atoms with E-state index in [2.05, 4.69) is 29.4 Å². The average Bonchev–Trinajstić information content (AvgIpc) is 2.98. The lowest BCUT2D eigenvalue weighted by Gasteiger charge is -2.19. The molecule has 0 amide bonds. The Kier molecular flexibility index (Phi) is 3.16. The SMILES string of the molecule is CC1CCC(n2nnnc2-c2ccc(F)cc2N)C1C. The van der Waals surface area contributed by atoms with E-state index >= 15 is 0 Å². The van der Waals surface area contributed by atoms with Crippen LogP contribution in [0.4, 0.5) is 10.1 Å². The lowest BCUT2D eigenvalue weighted by Crippen LogP contribution is -2.17. The Balaban J connectivity index is 2.02. The molecule has 106 valence electrons. The molecule has 0 radical (unpaired) electrons. The molecule has 1 fully saturated rings. The standard InChI is InChI=1S/C14H18FN5/c1-8-3-6-13(9(8)2)20-14(17-18-19-20)11-5-4-10(15)7-12(11)16/h4-5,7-9,13H,3,6,16H2,1-2H3. The smallest absolute Gasteiger partial charge is 0.184 e. The van der Waals surface area contributed by atoms with E-state index in [1.165, 1.54) is 18.6 Å². The van der Waals surface area contributed by atoms with Gasteiger partial charge in [-0.05, 0) is 53.3 Å². The van der Waals surface area contributed by atoms with Crippen LogP contribution in [0.2, 0.25) is 0 Å². The molecule has 0 bridgehead atoms. The lowest BCUT2D eigenvalue weighted by molar-refractivity contribution is 0.328. The van der Waals surface area contributed by atoms with Gasteiger partial charge in [0.15, 0.2) is 5.82 Å². The molecule has 1 aromatic carbocycles. The number of hydrogen-bond donors (Lipinski definition) is 1. The van der Waals surface area contributed by atoms with E-state index in [0.717, 1.165) is 6.42 Å². The fraction of sp³-hybridized carbons (Fsp3) is 0.500. The summed E-state index contributed by atoms with van der Waals surface area (Å²) >= 11 is 0. The Morgan fingerprint density at radius 1 is 1.30 bits per heavy atom. The molecule has 2 aromatic rings. The van der Waals surface area contributed by atoms with Gasteiger partial charge in [0, 0.05) is 11.3 Å². The van der Waals surface area contributed by atoms with E-state index < -0.39 is 0 Å². The highest BCUT2D eigenvalue weighted by molar-refractivity contribution is 5.71. The van der Waals surface area contributed by atoms with Crippen LogP contribution in [-0.4, -0.2) is 20.2 Å². The van der Waals surface area contributed by atoms with Crippen molar-refractivity contribution in [3.63, 3.8) is 0 Å². The van der Waals surface area contributed by atoms with Gasteiger partial charge in [-0.3, -0.25) is 0 Å². The van der Waals surface area contributed by atoms with Gasteiger partial charge in [-0.2, -0.15) is 0 Å². The second kappa shape index (κ2) is 4.85. The maximum Gasteiger partial charge on any atom is 0.184 e. The first kappa shape index (κ1) is 13.0. The molecule has 1 heterocycles. The van der Waals surface area contributed by atoms with E-state index in [9.17, 15) is 4.39 Å². The first-order valence-corrected chi connectivity index (χ1v) is 6.91. The summed E-state index contributed by atoms with van der Waals surface area (Å²) in [4.78, 5) is 0. The van der Waals surface area contributed by atoms with Gasteiger partial charge in [-0.15, -0.1) is 5.10 Å². The highest BCUT2D eigenvalue weighted by atomic mass is 19.1. The molecule has 0 aliphatic heterocycles. The minimum atomic E-state index is -0.354. The van der Waals surface area contributed by atoms with Gasteiger partial charge >= 0.3 is 0 Å². The Hall–Kier alpha value is -1.98. The second-order valence-electron chi connectivity index (χ2n) is 5.66. The molecule has 1 saturated carbocycles. The second-order valence-corrected chi connectivity index (χ2v) is 5.66. The fourth-order valence-electron chi connectivity index (χ4n) is 3.02. The number of nitrogen functional groups attached to an aromatic ring is 1. The van der Waals surface area contributed by atoms with Crippen molar-refractivity contribution < 1.29 is 4.39 Å². The molecule has 1 aliphatic rings. The number of anilines is 1. The van der Waals surface area contributed by atoms with E-state index in [4.69, 9.17) is 5.73 Å². The van der Waals surface area contributed by atoms with Crippen molar-refractivity contribution in [2.45, 2.75) is 32.7 Å². The van der Waals surface area contributed by atoms with Gasteiger partial charge in [0.1, 0.15) is 5.82 Å². The van der Waals surface area contributed by atoms with Gasteiger partial charge in [0.25, 0.3) is 0 Å². The third-order valence-corrected chi connectivity index (χ3v) is 4.48. The van der Waals surface area contributed by atoms with Crippen LogP contribution in [0.15, 0.2) is 18.2 Å². The zero-order valence-electron chi connectivity index (χ0n) is 11.6. The third kappa shape index (κ3) is 2.05. The van der Waals surface area contributed by atoms with Crippen LogP contribution in [0.1, 0.15) is 32.7 Å². The summed E-state index contributed by atoms with van der Waals surface area (Å²) < 4.78 is 15.0. The van der Waals surface area contributed by atoms with Crippen molar-refractivity contribution >= 4 is 5.69 Å². The number of tetrazole rings is 1. The van der Waals surface area contributed by atoms with Crippen molar-refractivity contribution in [2.24, 2.45) is 11.8 Å². The minimum absolute atomic E-state index is 0.277. The van der Waals surface area contributed by atoms with Crippen LogP contribution < -0.4 is 5.73 Å². The summed E-state index contributed by atoms with van der Waals surface area (Å²) in [5, 5.41) is 12.0. The predicted molar refractivity (Wildman–Crippen MR) is 74.2 cm³/mol. The minimum Gasteiger partial charge on any atom is -0.398 e. The molecule has 0 saturated heterocycles. The summed E-state index contributed by atoms with van der Waals surface area (Å²) in [6.45, 7) is 4.47. The number of benzene rings is 1. The predicted octanol–water partition coefficient (Wildman–Crippen LogP) is 2.67. The van der Waals surface area contributed by atoms with Crippen molar-refractivity contribution in [2.75, 3.05) is 5.73 Å².